The molecule has 0 aliphatic heterocycles. The van der Waals surface area contributed by atoms with Gasteiger partial charge < -0.3 is 9.47 Å². The van der Waals surface area contributed by atoms with Gasteiger partial charge in [-0.15, -0.1) is 0 Å². The van der Waals surface area contributed by atoms with Gasteiger partial charge in [-0.25, -0.2) is 9.78 Å². The van der Waals surface area contributed by atoms with Crippen molar-refractivity contribution < 1.29 is 19.2 Å². The lowest BCUT2D eigenvalue weighted by Crippen LogP contribution is -2.33. The molecule has 4 heteroatoms. The average Bonchev–Trinajstić information content (AvgIpc) is 2.25. The minimum atomic E-state index is -0.362. The van der Waals surface area contributed by atoms with Crippen molar-refractivity contribution in [3.63, 3.8) is 0 Å². The lowest BCUT2D eigenvalue weighted by molar-refractivity contribution is -0.400. The van der Waals surface area contributed by atoms with Crippen LogP contribution in [-0.4, -0.2) is 33.2 Å². The lowest BCUT2D eigenvalue weighted by atomic mass is 9.96. The molecule has 0 radical (unpaired) electrons. The highest BCUT2D eigenvalue weighted by atomic mass is 17.2. The van der Waals surface area contributed by atoms with Crippen molar-refractivity contribution in [2.24, 2.45) is 5.41 Å². The molecule has 0 saturated carbocycles. The molecule has 0 amide bonds. The number of hydrogen-bond acceptors (Lipinski definition) is 4. The zero-order chi connectivity index (χ0) is 13.1. The zero-order valence-electron chi connectivity index (χ0n) is 12.0. The van der Waals surface area contributed by atoms with Crippen LogP contribution in [0.2, 0.25) is 0 Å². The van der Waals surface area contributed by atoms with Crippen LogP contribution in [0.25, 0.3) is 0 Å². The molecular formula is C13H28O4. The van der Waals surface area contributed by atoms with E-state index in [9.17, 15) is 0 Å². The van der Waals surface area contributed by atoms with Crippen LogP contribution in [0.1, 0.15) is 47.0 Å². The minimum absolute atomic E-state index is 0.113. The molecule has 0 N–H and O–H groups in total. The Kier molecular flexibility index (Phi) is 9.74. The second-order valence-electron chi connectivity index (χ2n) is 5.19. The van der Waals surface area contributed by atoms with Crippen molar-refractivity contribution in [2.75, 3.05) is 26.9 Å². The summed E-state index contributed by atoms with van der Waals surface area (Å²) in [4.78, 5) is 10.5. The fourth-order valence-electron chi connectivity index (χ4n) is 1.18. The van der Waals surface area contributed by atoms with Crippen molar-refractivity contribution >= 4 is 0 Å². The van der Waals surface area contributed by atoms with Crippen molar-refractivity contribution in [2.45, 2.75) is 53.2 Å². The largest absolute Gasteiger partial charge is 0.382 e. The molecule has 0 rings (SSSR count). The van der Waals surface area contributed by atoms with Gasteiger partial charge in [-0.3, -0.25) is 0 Å². The Morgan fingerprint density at radius 3 is 2.24 bits per heavy atom. The summed E-state index contributed by atoms with van der Waals surface area (Å²) >= 11 is 0. The Morgan fingerprint density at radius 2 is 1.71 bits per heavy atom. The standard InChI is InChI=1S/C13H28O4/c1-6-7-8-9-16-17-12(13(2,3)4)15-11-10-14-5/h12H,6-11H2,1-5H3. The summed E-state index contributed by atoms with van der Waals surface area (Å²) in [5.74, 6) is 0. The molecule has 17 heavy (non-hydrogen) atoms. The maximum absolute atomic E-state index is 5.58. The van der Waals surface area contributed by atoms with E-state index in [4.69, 9.17) is 19.2 Å². The summed E-state index contributed by atoms with van der Waals surface area (Å²) in [5.41, 5.74) is -0.113. The van der Waals surface area contributed by atoms with Crippen molar-refractivity contribution in [1.82, 2.24) is 0 Å². The highest BCUT2D eigenvalue weighted by Gasteiger charge is 2.27. The van der Waals surface area contributed by atoms with E-state index < -0.39 is 0 Å². The van der Waals surface area contributed by atoms with E-state index in [2.05, 4.69) is 27.7 Å². The minimum Gasteiger partial charge on any atom is -0.382 e. The van der Waals surface area contributed by atoms with E-state index in [1.54, 1.807) is 7.11 Å². The van der Waals surface area contributed by atoms with E-state index in [0.29, 0.717) is 19.8 Å². The molecule has 0 aromatic heterocycles. The molecule has 0 heterocycles. The first-order valence-electron chi connectivity index (χ1n) is 6.41. The molecule has 1 unspecified atom stereocenters. The Bertz CT molecular complexity index is 165. The summed E-state index contributed by atoms with van der Waals surface area (Å²) in [7, 11) is 1.65. The van der Waals surface area contributed by atoms with E-state index >= 15 is 0 Å². The van der Waals surface area contributed by atoms with E-state index in [1.807, 2.05) is 0 Å². The molecule has 0 saturated heterocycles. The van der Waals surface area contributed by atoms with Crippen LogP contribution in [0, 0.1) is 5.41 Å². The maximum Gasteiger partial charge on any atom is 0.196 e. The average molecular weight is 248 g/mol. The Labute approximate surface area is 106 Å². The van der Waals surface area contributed by atoms with Crippen LogP contribution in [-0.2, 0) is 19.2 Å². The van der Waals surface area contributed by atoms with Gasteiger partial charge >= 0.3 is 0 Å². The van der Waals surface area contributed by atoms with Crippen LogP contribution >= 0.6 is 0 Å². The van der Waals surface area contributed by atoms with Crippen molar-refractivity contribution in [1.29, 1.82) is 0 Å². The molecule has 1 atom stereocenters. The van der Waals surface area contributed by atoms with Gasteiger partial charge in [-0.05, 0) is 6.42 Å². The summed E-state index contributed by atoms with van der Waals surface area (Å²) in [5, 5.41) is 0. The molecule has 4 nitrogen and oxygen atoms in total. The fraction of sp³-hybridized carbons (Fsp3) is 1.00. The Morgan fingerprint density at radius 1 is 1.00 bits per heavy atom. The van der Waals surface area contributed by atoms with E-state index in [-0.39, 0.29) is 11.7 Å². The normalized spacial score (nSPS) is 13.9. The molecule has 0 bridgehead atoms. The summed E-state index contributed by atoms with van der Waals surface area (Å²) in [6.07, 6.45) is 3.00. The zero-order valence-corrected chi connectivity index (χ0v) is 12.0. The van der Waals surface area contributed by atoms with Crippen molar-refractivity contribution in [3.8, 4) is 0 Å². The van der Waals surface area contributed by atoms with E-state index in [0.717, 1.165) is 12.8 Å². The molecule has 0 aromatic carbocycles. The highest BCUT2D eigenvalue weighted by Crippen LogP contribution is 2.23. The topological polar surface area (TPSA) is 36.9 Å². The number of unbranched alkanes of at least 4 members (excludes halogenated alkanes) is 2. The van der Waals surface area contributed by atoms with Gasteiger partial charge in [0.2, 0.25) is 0 Å². The monoisotopic (exact) mass is 248 g/mol. The molecule has 0 spiro atoms. The first-order chi connectivity index (χ1) is 8.02. The van der Waals surface area contributed by atoms with Gasteiger partial charge in [0, 0.05) is 12.5 Å². The van der Waals surface area contributed by atoms with Crippen LogP contribution in [0.3, 0.4) is 0 Å². The second-order valence-corrected chi connectivity index (χ2v) is 5.19. The molecule has 0 aliphatic carbocycles. The number of ether oxygens (including phenoxy) is 2. The van der Waals surface area contributed by atoms with E-state index in [1.165, 1.54) is 6.42 Å². The SMILES string of the molecule is CCCCCOOC(OCCOC)C(C)(C)C. The summed E-state index contributed by atoms with van der Waals surface area (Å²) in [6.45, 7) is 10.0. The molecule has 0 aliphatic rings. The Balaban J connectivity index is 3.78. The van der Waals surface area contributed by atoms with Crippen LogP contribution in [0.5, 0.6) is 0 Å². The Hall–Kier alpha value is -0.160. The molecule has 0 aromatic rings. The van der Waals surface area contributed by atoms with Crippen LogP contribution < -0.4 is 0 Å². The lowest BCUT2D eigenvalue weighted by Gasteiger charge is -2.29. The highest BCUT2D eigenvalue weighted by molar-refractivity contribution is 4.65. The first-order valence-corrected chi connectivity index (χ1v) is 6.41. The third-order valence-electron chi connectivity index (χ3n) is 2.25. The predicted molar refractivity (Wildman–Crippen MR) is 67.6 cm³/mol. The smallest absolute Gasteiger partial charge is 0.196 e. The molecule has 0 fully saturated rings. The van der Waals surface area contributed by atoms with Gasteiger partial charge in [0.1, 0.15) is 0 Å². The predicted octanol–water partition coefficient (Wildman–Crippen LogP) is 3.16. The third kappa shape index (κ3) is 9.53. The first kappa shape index (κ1) is 16.8. The van der Waals surface area contributed by atoms with Gasteiger partial charge in [-0.2, -0.15) is 0 Å². The summed E-state index contributed by atoms with van der Waals surface area (Å²) < 4.78 is 10.5. The van der Waals surface area contributed by atoms with Gasteiger partial charge in [0.15, 0.2) is 6.29 Å². The van der Waals surface area contributed by atoms with Crippen molar-refractivity contribution in [3.05, 3.63) is 0 Å². The second kappa shape index (κ2) is 9.83. The molecule has 104 valence electrons. The molecular weight excluding hydrogens is 220 g/mol. The number of rotatable bonds is 10. The third-order valence-corrected chi connectivity index (χ3v) is 2.25. The fourth-order valence-corrected chi connectivity index (χ4v) is 1.18. The van der Waals surface area contributed by atoms with Crippen LogP contribution in [0.4, 0.5) is 0 Å². The number of methoxy groups -OCH3 is 1. The van der Waals surface area contributed by atoms with Gasteiger partial charge in [0.05, 0.1) is 19.8 Å². The number of hydrogen-bond donors (Lipinski definition) is 0. The van der Waals surface area contributed by atoms with Gasteiger partial charge in [0.25, 0.3) is 0 Å². The summed E-state index contributed by atoms with van der Waals surface area (Å²) in [6, 6.07) is 0. The van der Waals surface area contributed by atoms with Crippen LogP contribution in [0.15, 0.2) is 0 Å². The van der Waals surface area contributed by atoms with Gasteiger partial charge in [-0.1, -0.05) is 40.5 Å². The quantitative estimate of drug-likeness (QED) is 0.257. The maximum atomic E-state index is 5.58.